The van der Waals surface area contributed by atoms with Crippen LogP contribution in [0, 0.1) is 0 Å². The number of aliphatic carboxylic acids is 1. The zero-order valence-corrected chi connectivity index (χ0v) is 12.4. The number of carbonyl (C=O) groups is 3. The zero-order valence-electron chi connectivity index (χ0n) is 11.5. The number of aliphatic hydroxyl groups is 4. The molecule has 0 saturated heterocycles. The molecule has 0 fully saturated rings. The van der Waals surface area contributed by atoms with Crippen molar-refractivity contribution >= 4 is 30.5 Å². The van der Waals surface area contributed by atoms with Crippen molar-refractivity contribution in [3.8, 4) is 0 Å². The van der Waals surface area contributed by atoms with Gasteiger partial charge in [-0.1, -0.05) is 0 Å². The first kappa shape index (κ1) is 20.0. The van der Waals surface area contributed by atoms with Gasteiger partial charge in [-0.05, 0) is 0 Å². The number of carbonyl (C=O) groups excluding carboxylic acids is 2. The minimum atomic E-state index is -1.42. The fourth-order valence-electron chi connectivity index (χ4n) is 1.25. The molecule has 0 spiro atoms. The Morgan fingerprint density at radius 1 is 1.41 bits per heavy atom. The van der Waals surface area contributed by atoms with Gasteiger partial charge >= 0.3 is 11.9 Å². The highest BCUT2D eigenvalue weighted by atomic mass is 32.1. The number of nitrogens with one attached hydrogen (secondary N) is 1. The van der Waals surface area contributed by atoms with Gasteiger partial charge in [0, 0.05) is 12.7 Å². The molecule has 126 valence electrons. The Kier molecular flexibility index (Phi) is 8.30. The average molecular weight is 339 g/mol. The van der Waals surface area contributed by atoms with E-state index in [0.717, 1.165) is 0 Å². The highest BCUT2D eigenvalue weighted by molar-refractivity contribution is 7.80. The third kappa shape index (κ3) is 5.79. The predicted molar refractivity (Wildman–Crippen MR) is 74.3 cm³/mol. The summed E-state index contributed by atoms with van der Waals surface area (Å²) < 4.78 is 4.32. The zero-order chi connectivity index (χ0) is 17.4. The maximum absolute atomic E-state index is 10.5. The number of ether oxygens (including phenoxy) is 1. The molecule has 1 heterocycles. The van der Waals surface area contributed by atoms with Crippen molar-refractivity contribution in [2.75, 3.05) is 12.4 Å². The van der Waals surface area contributed by atoms with Gasteiger partial charge in [0.1, 0.15) is 12.1 Å². The van der Waals surface area contributed by atoms with Gasteiger partial charge in [-0.2, -0.15) is 12.6 Å². The summed E-state index contributed by atoms with van der Waals surface area (Å²) >= 11 is 3.73. The molecule has 0 aromatic carbocycles. The number of thiol groups is 1. The van der Waals surface area contributed by atoms with Crippen LogP contribution in [0.15, 0.2) is 11.5 Å². The van der Waals surface area contributed by atoms with Crippen LogP contribution in [0.1, 0.15) is 6.92 Å². The summed E-state index contributed by atoms with van der Waals surface area (Å²) in [4.78, 5) is 31.0. The molecular weight excluding hydrogens is 322 g/mol. The van der Waals surface area contributed by atoms with Crippen molar-refractivity contribution in [1.29, 1.82) is 0 Å². The quantitative estimate of drug-likeness (QED) is 0.223. The van der Waals surface area contributed by atoms with Crippen LogP contribution in [0.2, 0.25) is 0 Å². The summed E-state index contributed by atoms with van der Waals surface area (Å²) in [6, 6.07) is -0.874. The van der Waals surface area contributed by atoms with Crippen LogP contribution in [0.5, 0.6) is 0 Å². The highest BCUT2D eigenvalue weighted by Gasteiger charge is 2.38. The minimum absolute atomic E-state index is 0.106. The molecule has 3 atom stereocenters. The Labute approximate surface area is 130 Å². The second-order valence-electron chi connectivity index (χ2n) is 4.08. The van der Waals surface area contributed by atoms with E-state index in [9.17, 15) is 14.4 Å². The lowest BCUT2D eigenvalue weighted by Crippen LogP contribution is -2.40. The molecule has 0 aromatic heterocycles. The normalized spacial score (nSPS) is 19.6. The number of hydrogen-bond donors (Lipinski definition) is 7. The molecule has 1 aliphatic heterocycles. The van der Waals surface area contributed by atoms with Crippen LogP contribution < -0.4 is 5.32 Å². The second-order valence-corrected chi connectivity index (χ2v) is 4.45. The first-order valence-electron chi connectivity index (χ1n) is 5.88. The molecule has 1 amide bonds. The van der Waals surface area contributed by atoms with Gasteiger partial charge in [-0.15, -0.1) is 0 Å². The molecule has 0 saturated carbocycles. The number of hydrogen-bond acceptors (Lipinski definition) is 9. The van der Waals surface area contributed by atoms with E-state index in [0.29, 0.717) is 0 Å². The van der Waals surface area contributed by atoms with Gasteiger partial charge in [0.2, 0.25) is 11.7 Å². The third-order valence-electron chi connectivity index (χ3n) is 2.33. The number of cyclic esters (lactones) is 1. The maximum Gasteiger partial charge on any atom is 0.377 e. The summed E-state index contributed by atoms with van der Waals surface area (Å²) in [5, 5.41) is 45.6. The van der Waals surface area contributed by atoms with Crippen LogP contribution in [0.4, 0.5) is 0 Å². The number of rotatable bonds is 5. The molecule has 1 rings (SSSR count). The Bertz CT molecular complexity index is 464. The molecule has 0 radical (unpaired) electrons. The van der Waals surface area contributed by atoms with E-state index in [2.05, 4.69) is 22.7 Å². The average Bonchev–Trinajstić information content (AvgIpc) is 2.71. The van der Waals surface area contributed by atoms with Gasteiger partial charge in [0.15, 0.2) is 11.9 Å². The topological polar surface area (TPSA) is 174 Å². The minimum Gasteiger partial charge on any atom is -0.505 e. The van der Waals surface area contributed by atoms with Gasteiger partial charge in [0.25, 0.3) is 0 Å². The van der Waals surface area contributed by atoms with Crippen LogP contribution in [-0.2, 0) is 19.1 Å². The van der Waals surface area contributed by atoms with Crippen molar-refractivity contribution in [2.24, 2.45) is 0 Å². The smallest absolute Gasteiger partial charge is 0.377 e. The van der Waals surface area contributed by atoms with Gasteiger partial charge < -0.3 is 35.6 Å². The maximum atomic E-state index is 10.5. The van der Waals surface area contributed by atoms with Gasteiger partial charge in [-0.3, -0.25) is 4.79 Å². The third-order valence-corrected chi connectivity index (χ3v) is 2.70. The summed E-state index contributed by atoms with van der Waals surface area (Å²) in [6.45, 7) is 0.592. The van der Waals surface area contributed by atoms with E-state index in [4.69, 9.17) is 25.5 Å². The van der Waals surface area contributed by atoms with E-state index in [1.165, 1.54) is 6.92 Å². The molecule has 0 bridgehead atoms. The Morgan fingerprint density at radius 3 is 2.18 bits per heavy atom. The largest absolute Gasteiger partial charge is 0.505 e. The number of esters is 1. The van der Waals surface area contributed by atoms with Crippen molar-refractivity contribution in [1.82, 2.24) is 5.32 Å². The van der Waals surface area contributed by atoms with Crippen molar-refractivity contribution < 1.29 is 44.7 Å². The van der Waals surface area contributed by atoms with E-state index in [1.54, 1.807) is 0 Å². The van der Waals surface area contributed by atoms with Crippen molar-refractivity contribution in [3.05, 3.63) is 11.5 Å². The van der Waals surface area contributed by atoms with Crippen molar-refractivity contribution in [3.63, 3.8) is 0 Å². The molecule has 6 N–H and O–H groups in total. The molecule has 22 heavy (non-hydrogen) atoms. The lowest BCUT2D eigenvalue weighted by molar-refractivity contribution is -0.147. The van der Waals surface area contributed by atoms with E-state index in [1.807, 2.05) is 0 Å². The van der Waals surface area contributed by atoms with Crippen LogP contribution in [-0.4, -0.2) is 74.0 Å². The van der Waals surface area contributed by atoms with Gasteiger partial charge in [-0.25, -0.2) is 9.59 Å². The molecule has 0 unspecified atom stereocenters. The first-order valence-corrected chi connectivity index (χ1v) is 6.51. The first-order chi connectivity index (χ1) is 10.1. The molecule has 0 aromatic rings. The summed E-state index contributed by atoms with van der Waals surface area (Å²) in [7, 11) is 0. The molecule has 11 heteroatoms. The molecular formula is C11H17NO9S. The fourth-order valence-corrected chi connectivity index (χ4v) is 1.50. The number of aliphatic hydroxyl groups excluding tert-OH is 4. The lowest BCUT2D eigenvalue weighted by Gasteiger charge is -2.13. The Hall–Kier alpha value is -1.98. The van der Waals surface area contributed by atoms with Gasteiger partial charge in [0.05, 0.1) is 6.61 Å². The van der Waals surface area contributed by atoms with Crippen LogP contribution >= 0.6 is 12.6 Å². The second kappa shape index (κ2) is 9.12. The highest BCUT2D eigenvalue weighted by Crippen LogP contribution is 2.20. The predicted octanol–water partition coefficient (Wildman–Crippen LogP) is -1.90. The summed E-state index contributed by atoms with van der Waals surface area (Å²) in [6.07, 6.45) is -2.78. The van der Waals surface area contributed by atoms with Crippen LogP contribution in [0.3, 0.4) is 0 Å². The SMILES string of the molecule is CC(=O)N[C@@H](CS)C(=O)O.O=C1O[C@H]([C@@H](O)CO)C(O)=C1O. The number of amides is 1. The monoisotopic (exact) mass is 339 g/mol. The Balaban J connectivity index is 0.000000409. The summed E-state index contributed by atoms with van der Waals surface area (Å²) in [5.41, 5.74) is 0. The van der Waals surface area contributed by atoms with E-state index in [-0.39, 0.29) is 11.7 Å². The lowest BCUT2D eigenvalue weighted by atomic mass is 10.2. The number of carboxylic acid groups (broad SMARTS) is 1. The van der Waals surface area contributed by atoms with E-state index < -0.39 is 48.3 Å². The van der Waals surface area contributed by atoms with E-state index >= 15 is 0 Å². The molecule has 1 aliphatic rings. The fraction of sp³-hybridized carbons (Fsp3) is 0.545. The van der Waals surface area contributed by atoms with Crippen LogP contribution in [0.25, 0.3) is 0 Å². The molecule has 10 nitrogen and oxygen atoms in total. The molecule has 0 aliphatic carbocycles. The summed E-state index contributed by atoms with van der Waals surface area (Å²) in [5.74, 6) is -4.10. The van der Waals surface area contributed by atoms with Crippen molar-refractivity contribution in [2.45, 2.75) is 25.2 Å². The standard InChI is InChI=1S/C6H8O6.C5H9NO3S/c7-1-2(8)5-3(9)4(10)6(11)12-5;1-3(7)6-4(2-10)5(8)9/h2,5,7-10H,1H2;4,10H,2H2,1H3,(H,6,7)(H,8,9)/t2-,5+;4-/m00/s1. The Morgan fingerprint density at radius 2 is 1.95 bits per heavy atom. The number of carboxylic acids is 1.